The maximum Gasteiger partial charge on any atom is 0.260 e. The number of carbonyl (C=O) groups excluding carboxylic acids is 1. The molecule has 1 saturated heterocycles. The summed E-state index contributed by atoms with van der Waals surface area (Å²) in [7, 11) is 0. The van der Waals surface area contributed by atoms with Gasteiger partial charge in [-0.15, -0.1) is 0 Å². The maximum atomic E-state index is 12.2. The van der Waals surface area contributed by atoms with Gasteiger partial charge in [0.2, 0.25) is 0 Å². The highest BCUT2D eigenvalue weighted by molar-refractivity contribution is 8.00. The van der Waals surface area contributed by atoms with Gasteiger partial charge in [0.25, 0.3) is 5.91 Å². The number of hydrogen-bond donors (Lipinski definition) is 0. The molecule has 0 aromatic rings. The number of carbonyl (C=O) groups is 1. The molecule has 2 heterocycles. The van der Waals surface area contributed by atoms with E-state index in [4.69, 9.17) is 4.74 Å². The highest BCUT2D eigenvalue weighted by Crippen LogP contribution is 2.26. The second-order valence-corrected chi connectivity index (χ2v) is 7.97. The molecule has 4 nitrogen and oxygen atoms in total. The van der Waals surface area contributed by atoms with Crippen LogP contribution in [0.3, 0.4) is 0 Å². The van der Waals surface area contributed by atoms with Gasteiger partial charge < -0.3 is 4.74 Å². The zero-order valence-electron chi connectivity index (χ0n) is 13.8. The van der Waals surface area contributed by atoms with Gasteiger partial charge in [-0.2, -0.15) is 16.8 Å². The molecule has 0 saturated carbocycles. The molecule has 1 amide bonds. The predicted octanol–water partition coefficient (Wildman–Crippen LogP) is 3.44. The molecule has 0 bridgehead atoms. The number of thioether (sulfide) groups is 1. The van der Waals surface area contributed by atoms with E-state index in [1.54, 1.807) is 0 Å². The van der Waals surface area contributed by atoms with E-state index in [9.17, 15) is 4.79 Å². The van der Waals surface area contributed by atoms with Gasteiger partial charge in [-0.1, -0.05) is 26.0 Å². The number of fused-ring (bicyclic) bond motifs is 1. The summed E-state index contributed by atoms with van der Waals surface area (Å²) in [4.78, 5) is 21.1. The summed E-state index contributed by atoms with van der Waals surface area (Å²) in [6, 6.07) is 0. The minimum Gasteiger partial charge on any atom is -0.381 e. The number of allylic oxidation sites excluding steroid dienone is 3. The van der Waals surface area contributed by atoms with Crippen molar-refractivity contribution in [2.45, 2.75) is 38.4 Å². The molecule has 2 aliphatic heterocycles. The molecule has 1 unspecified atom stereocenters. The van der Waals surface area contributed by atoms with Gasteiger partial charge >= 0.3 is 0 Å². The molecule has 1 fully saturated rings. The molecule has 0 aromatic carbocycles. The average molecular weight is 332 g/mol. The van der Waals surface area contributed by atoms with E-state index in [2.05, 4.69) is 36.0 Å². The van der Waals surface area contributed by atoms with E-state index in [-0.39, 0.29) is 11.8 Å². The van der Waals surface area contributed by atoms with Crippen LogP contribution in [0.15, 0.2) is 33.8 Å². The Morgan fingerprint density at radius 2 is 2.09 bits per heavy atom. The molecule has 5 heteroatoms. The van der Waals surface area contributed by atoms with E-state index in [1.165, 1.54) is 5.57 Å². The van der Waals surface area contributed by atoms with Crippen LogP contribution in [0, 0.1) is 11.8 Å². The average Bonchev–Trinajstić information content (AvgIpc) is 2.53. The van der Waals surface area contributed by atoms with E-state index < -0.39 is 0 Å². The zero-order chi connectivity index (χ0) is 16.2. The van der Waals surface area contributed by atoms with Crippen molar-refractivity contribution in [2.75, 3.05) is 19.0 Å². The first kappa shape index (κ1) is 16.7. The second kappa shape index (κ2) is 7.58. The maximum absolute atomic E-state index is 12.2. The van der Waals surface area contributed by atoms with Gasteiger partial charge in [-0.3, -0.25) is 4.79 Å². The van der Waals surface area contributed by atoms with Gasteiger partial charge in [0, 0.05) is 18.5 Å². The summed E-state index contributed by atoms with van der Waals surface area (Å²) in [5.41, 5.74) is 2.12. The van der Waals surface area contributed by atoms with Crippen LogP contribution in [0.1, 0.15) is 33.1 Å². The third-order valence-electron chi connectivity index (χ3n) is 4.18. The van der Waals surface area contributed by atoms with E-state index in [0.717, 1.165) is 38.2 Å². The van der Waals surface area contributed by atoms with Crippen LogP contribution in [-0.4, -0.2) is 41.7 Å². The van der Waals surface area contributed by atoms with Gasteiger partial charge in [0.15, 0.2) is 0 Å². The molecule has 0 spiro atoms. The Balaban J connectivity index is 1.66. The third-order valence-corrected chi connectivity index (χ3v) is 5.55. The van der Waals surface area contributed by atoms with Crippen LogP contribution in [0.2, 0.25) is 0 Å². The lowest BCUT2D eigenvalue weighted by Crippen LogP contribution is -2.29. The standard InChI is InChI=1S/C18H24N2O2S/c1-12(2)9-13-3-4-15-16(10-13)19-17(20-18(15)21)11-23-14-5-7-22-8-6-14/h3-4,10,12,14-15H,5-9,11H2,1-2H3. The predicted molar refractivity (Wildman–Crippen MR) is 96.3 cm³/mol. The zero-order valence-corrected chi connectivity index (χ0v) is 14.6. The number of ether oxygens (including phenoxy) is 1. The van der Waals surface area contributed by atoms with Gasteiger partial charge in [0.05, 0.1) is 11.5 Å². The van der Waals surface area contributed by atoms with Crippen molar-refractivity contribution in [1.29, 1.82) is 0 Å². The second-order valence-electron chi connectivity index (χ2n) is 6.68. The van der Waals surface area contributed by atoms with Crippen LogP contribution >= 0.6 is 11.8 Å². The Labute approximate surface area is 142 Å². The minimum absolute atomic E-state index is 0.0753. The molecule has 23 heavy (non-hydrogen) atoms. The summed E-state index contributed by atoms with van der Waals surface area (Å²) in [5, 5.41) is 0.595. The van der Waals surface area contributed by atoms with Gasteiger partial charge in [0.1, 0.15) is 11.8 Å². The van der Waals surface area contributed by atoms with Gasteiger partial charge in [-0.05, 0) is 36.8 Å². The normalized spacial score (nSPS) is 25.1. The summed E-state index contributed by atoms with van der Waals surface area (Å²) in [6.45, 7) is 6.08. The van der Waals surface area contributed by atoms with Crippen molar-refractivity contribution >= 4 is 29.2 Å². The number of hydrogen-bond acceptors (Lipinski definition) is 4. The molecule has 0 N–H and O–H groups in total. The molecular weight excluding hydrogens is 308 g/mol. The number of amides is 1. The number of nitrogens with zero attached hydrogens (tertiary/aromatic N) is 2. The van der Waals surface area contributed by atoms with Crippen LogP contribution in [0.4, 0.5) is 0 Å². The number of rotatable bonds is 5. The van der Waals surface area contributed by atoms with E-state index >= 15 is 0 Å². The van der Waals surface area contributed by atoms with Crippen LogP contribution in [0.25, 0.3) is 0 Å². The first-order valence-corrected chi connectivity index (χ1v) is 9.45. The highest BCUT2D eigenvalue weighted by Gasteiger charge is 2.28. The van der Waals surface area contributed by atoms with Crippen molar-refractivity contribution in [3.8, 4) is 0 Å². The van der Waals surface area contributed by atoms with Crippen molar-refractivity contribution in [3.05, 3.63) is 23.8 Å². The van der Waals surface area contributed by atoms with Crippen molar-refractivity contribution in [2.24, 2.45) is 21.8 Å². The Morgan fingerprint density at radius 1 is 1.30 bits per heavy atom. The lowest BCUT2D eigenvalue weighted by atomic mass is 9.90. The molecule has 0 aromatic heterocycles. The summed E-state index contributed by atoms with van der Waals surface area (Å²) in [5.74, 6) is 1.63. The lowest BCUT2D eigenvalue weighted by Gasteiger charge is -2.23. The fourth-order valence-corrected chi connectivity index (χ4v) is 4.07. The summed E-state index contributed by atoms with van der Waals surface area (Å²) >= 11 is 1.85. The van der Waals surface area contributed by atoms with Crippen molar-refractivity contribution < 1.29 is 9.53 Å². The molecule has 3 rings (SSSR count). The van der Waals surface area contributed by atoms with Crippen LogP contribution in [0.5, 0.6) is 0 Å². The Bertz CT molecular complexity index is 584. The first-order valence-electron chi connectivity index (χ1n) is 8.40. The fraction of sp³-hybridized carbons (Fsp3) is 0.611. The van der Waals surface area contributed by atoms with Crippen LogP contribution in [-0.2, 0) is 9.53 Å². The minimum atomic E-state index is -0.275. The SMILES string of the molecule is CC(C)CC1=CC2=NC(CSC3CCOCC3)=NC(=O)C2C=C1. The summed E-state index contributed by atoms with van der Waals surface area (Å²) < 4.78 is 5.38. The molecule has 0 radical (unpaired) electrons. The lowest BCUT2D eigenvalue weighted by molar-refractivity contribution is -0.118. The molecule has 1 atom stereocenters. The quantitative estimate of drug-likeness (QED) is 0.775. The number of aliphatic imine (C=N–C) groups is 2. The Kier molecular flexibility index (Phi) is 5.49. The third kappa shape index (κ3) is 4.42. The Morgan fingerprint density at radius 3 is 2.83 bits per heavy atom. The van der Waals surface area contributed by atoms with E-state index in [0.29, 0.717) is 22.8 Å². The van der Waals surface area contributed by atoms with Gasteiger partial charge in [-0.25, -0.2) is 4.99 Å². The smallest absolute Gasteiger partial charge is 0.260 e. The van der Waals surface area contributed by atoms with Crippen molar-refractivity contribution in [1.82, 2.24) is 0 Å². The highest BCUT2D eigenvalue weighted by atomic mass is 32.2. The first-order chi connectivity index (χ1) is 11.1. The van der Waals surface area contributed by atoms with Crippen molar-refractivity contribution in [3.63, 3.8) is 0 Å². The topological polar surface area (TPSA) is 51.0 Å². The summed E-state index contributed by atoms with van der Waals surface area (Å²) in [6.07, 6.45) is 9.25. The molecule has 3 aliphatic rings. The largest absolute Gasteiger partial charge is 0.381 e. The molecule has 124 valence electrons. The van der Waals surface area contributed by atoms with E-state index in [1.807, 2.05) is 17.8 Å². The Hall–Kier alpha value is -1.20. The monoisotopic (exact) mass is 332 g/mol. The molecular formula is C18H24N2O2S. The van der Waals surface area contributed by atoms with Crippen LogP contribution < -0.4 is 0 Å². The number of amidine groups is 1. The molecule has 1 aliphatic carbocycles. The fourth-order valence-electron chi connectivity index (χ4n) is 3.03.